The first-order valence-electron chi connectivity index (χ1n) is 8.53. The quantitative estimate of drug-likeness (QED) is 0.667. The van der Waals surface area contributed by atoms with Gasteiger partial charge in [0, 0.05) is 12.1 Å². The second-order valence-corrected chi connectivity index (χ2v) is 6.57. The van der Waals surface area contributed by atoms with Gasteiger partial charge in [-0.05, 0) is 29.8 Å². The molecule has 0 unspecified atom stereocenters. The van der Waals surface area contributed by atoms with Crippen molar-refractivity contribution >= 4 is 17.5 Å². The van der Waals surface area contributed by atoms with Crippen molar-refractivity contribution in [2.75, 3.05) is 19.7 Å². The third kappa shape index (κ3) is 3.39. The lowest BCUT2D eigenvalue weighted by Crippen LogP contribution is -2.42. The van der Waals surface area contributed by atoms with Crippen LogP contribution in [0.15, 0.2) is 71.1 Å². The number of ether oxygens (including phenoxy) is 1. The van der Waals surface area contributed by atoms with E-state index in [-0.39, 0.29) is 12.0 Å². The van der Waals surface area contributed by atoms with Gasteiger partial charge < -0.3 is 14.1 Å². The second-order valence-electron chi connectivity index (χ2n) is 6.17. The molecule has 26 heavy (non-hydrogen) atoms. The van der Waals surface area contributed by atoms with E-state index in [1.165, 1.54) is 0 Å². The maximum atomic E-state index is 12.8. The van der Waals surface area contributed by atoms with Crippen molar-refractivity contribution in [1.29, 1.82) is 0 Å². The molecule has 0 saturated carbocycles. The van der Waals surface area contributed by atoms with Gasteiger partial charge in [-0.25, -0.2) is 0 Å². The van der Waals surface area contributed by atoms with Gasteiger partial charge in [0.25, 0.3) is 5.91 Å². The lowest BCUT2D eigenvalue weighted by molar-refractivity contribution is -0.0237. The Morgan fingerprint density at radius 2 is 1.77 bits per heavy atom. The van der Waals surface area contributed by atoms with Gasteiger partial charge in [-0.3, -0.25) is 4.79 Å². The molecule has 1 amide bonds. The number of furan rings is 1. The molecule has 4 rings (SSSR count). The Morgan fingerprint density at radius 3 is 2.58 bits per heavy atom. The number of rotatable bonds is 3. The van der Waals surface area contributed by atoms with Crippen LogP contribution in [0.2, 0.25) is 5.02 Å². The lowest BCUT2D eigenvalue weighted by Gasteiger charge is -2.32. The van der Waals surface area contributed by atoms with Gasteiger partial charge in [0.15, 0.2) is 5.76 Å². The zero-order valence-corrected chi connectivity index (χ0v) is 14.9. The zero-order chi connectivity index (χ0) is 17.9. The van der Waals surface area contributed by atoms with Crippen molar-refractivity contribution in [2.24, 2.45) is 0 Å². The van der Waals surface area contributed by atoms with E-state index in [1.54, 1.807) is 23.1 Å². The number of benzene rings is 2. The predicted molar refractivity (Wildman–Crippen MR) is 100 cm³/mol. The largest absolute Gasteiger partial charge is 0.451 e. The molecule has 1 aromatic heterocycles. The summed E-state index contributed by atoms with van der Waals surface area (Å²) in [5, 5.41) is 0.594. The molecule has 1 aliphatic rings. The Kier molecular flexibility index (Phi) is 4.78. The summed E-state index contributed by atoms with van der Waals surface area (Å²) in [6.45, 7) is 1.55. The predicted octanol–water partition coefficient (Wildman–Crippen LogP) is 4.81. The fourth-order valence-electron chi connectivity index (χ4n) is 3.12. The van der Waals surface area contributed by atoms with Gasteiger partial charge in [-0.2, -0.15) is 0 Å². The van der Waals surface area contributed by atoms with E-state index in [9.17, 15) is 4.79 Å². The minimum atomic E-state index is -0.132. The number of halogens is 1. The summed E-state index contributed by atoms with van der Waals surface area (Å²) < 4.78 is 11.6. The summed E-state index contributed by atoms with van der Waals surface area (Å²) in [4.78, 5) is 14.6. The summed E-state index contributed by atoms with van der Waals surface area (Å²) in [5.41, 5.74) is 1.85. The molecule has 0 aliphatic carbocycles. The zero-order valence-electron chi connectivity index (χ0n) is 14.1. The van der Waals surface area contributed by atoms with Gasteiger partial charge >= 0.3 is 0 Å². The van der Waals surface area contributed by atoms with Crippen LogP contribution in [0.5, 0.6) is 0 Å². The van der Waals surface area contributed by atoms with Gasteiger partial charge in [0.2, 0.25) is 0 Å². The number of carbonyl (C=O) groups excluding carboxylic acids is 1. The van der Waals surface area contributed by atoms with Crippen LogP contribution in [-0.2, 0) is 4.74 Å². The Balaban J connectivity index is 1.52. The van der Waals surface area contributed by atoms with Gasteiger partial charge in [0.1, 0.15) is 11.9 Å². The Labute approximate surface area is 156 Å². The molecule has 0 radical (unpaired) electrons. The number of carbonyl (C=O) groups is 1. The molecule has 0 bridgehead atoms. The highest BCUT2D eigenvalue weighted by Gasteiger charge is 2.27. The maximum Gasteiger partial charge on any atom is 0.289 e. The average molecular weight is 368 g/mol. The molecule has 5 heteroatoms. The van der Waals surface area contributed by atoms with Crippen molar-refractivity contribution in [1.82, 2.24) is 4.90 Å². The van der Waals surface area contributed by atoms with Crippen molar-refractivity contribution < 1.29 is 13.9 Å². The first kappa shape index (κ1) is 16.9. The van der Waals surface area contributed by atoms with Gasteiger partial charge in [-0.1, -0.05) is 54.1 Å². The molecule has 0 N–H and O–H groups in total. The fourth-order valence-corrected chi connectivity index (χ4v) is 3.35. The second kappa shape index (κ2) is 7.36. The molecular weight excluding hydrogens is 350 g/mol. The molecule has 3 aromatic rings. The van der Waals surface area contributed by atoms with Crippen LogP contribution in [0.25, 0.3) is 11.3 Å². The third-order valence-electron chi connectivity index (χ3n) is 4.48. The minimum Gasteiger partial charge on any atom is -0.451 e. The molecule has 1 aliphatic heterocycles. The summed E-state index contributed by atoms with van der Waals surface area (Å²) in [6, 6.07) is 20.8. The highest BCUT2D eigenvalue weighted by molar-refractivity contribution is 6.33. The first-order valence-corrected chi connectivity index (χ1v) is 8.91. The van der Waals surface area contributed by atoms with E-state index in [4.69, 9.17) is 20.8 Å². The normalized spacial score (nSPS) is 17.3. The van der Waals surface area contributed by atoms with Crippen LogP contribution >= 0.6 is 11.6 Å². The summed E-state index contributed by atoms with van der Waals surface area (Å²) in [5.74, 6) is 0.771. The average Bonchev–Trinajstić information content (AvgIpc) is 3.18. The SMILES string of the molecule is O=C(c1ccc(-c2ccccc2Cl)o1)N1CCO[C@H](c2ccccc2)C1. The van der Waals surface area contributed by atoms with Crippen molar-refractivity contribution in [3.8, 4) is 11.3 Å². The topological polar surface area (TPSA) is 42.7 Å². The molecule has 4 nitrogen and oxygen atoms in total. The van der Waals surface area contributed by atoms with E-state index >= 15 is 0 Å². The first-order chi connectivity index (χ1) is 12.7. The Hall–Kier alpha value is -2.56. The van der Waals surface area contributed by atoms with Crippen molar-refractivity contribution in [3.05, 3.63) is 83.1 Å². The number of hydrogen-bond acceptors (Lipinski definition) is 3. The summed E-state index contributed by atoms with van der Waals surface area (Å²) in [6.07, 6.45) is -0.119. The maximum absolute atomic E-state index is 12.8. The molecular formula is C21H18ClNO3. The molecule has 1 fully saturated rings. The summed E-state index contributed by atoms with van der Waals surface area (Å²) >= 11 is 6.21. The van der Waals surface area contributed by atoms with Gasteiger partial charge in [0.05, 0.1) is 18.2 Å². The number of nitrogens with zero attached hydrogens (tertiary/aromatic N) is 1. The van der Waals surface area contributed by atoms with Gasteiger partial charge in [-0.15, -0.1) is 0 Å². The van der Waals surface area contributed by atoms with E-state index in [2.05, 4.69) is 0 Å². The molecule has 1 atom stereocenters. The highest BCUT2D eigenvalue weighted by atomic mass is 35.5. The monoisotopic (exact) mass is 367 g/mol. The van der Waals surface area contributed by atoms with E-state index in [0.717, 1.165) is 11.1 Å². The van der Waals surface area contributed by atoms with Crippen LogP contribution in [0.4, 0.5) is 0 Å². The number of amides is 1. The van der Waals surface area contributed by atoms with E-state index < -0.39 is 0 Å². The van der Waals surface area contributed by atoms with Crippen LogP contribution in [-0.4, -0.2) is 30.5 Å². The summed E-state index contributed by atoms with van der Waals surface area (Å²) in [7, 11) is 0. The minimum absolute atomic E-state index is 0.119. The van der Waals surface area contributed by atoms with Crippen LogP contribution in [0, 0.1) is 0 Å². The van der Waals surface area contributed by atoms with Crippen molar-refractivity contribution in [2.45, 2.75) is 6.10 Å². The highest BCUT2D eigenvalue weighted by Crippen LogP contribution is 2.30. The van der Waals surface area contributed by atoms with Crippen LogP contribution in [0.3, 0.4) is 0 Å². The third-order valence-corrected chi connectivity index (χ3v) is 4.81. The molecule has 132 valence electrons. The molecule has 2 heterocycles. The Morgan fingerprint density at radius 1 is 1.00 bits per heavy atom. The van der Waals surface area contributed by atoms with Crippen molar-refractivity contribution in [3.63, 3.8) is 0 Å². The molecule has 1 saturated heterocycles. The molecule has 0 spiro atoms. The number of morpholine rings is 1. The van der Waals surface area contributed by atoms with Crippen LogP contribution < -0.4 is 0 Å². The fraction of sp³-hybridized carbons (Fsp3) is 0.190. The van der Waals surface area contributed by atoms with E-state index in [1.807, 2.05) is 48.5 Å². The smallest absolute Gasteiger partial charge is 0.289 e. The number of hydrogen-bond donors (Lipinski definition) is 0. The standard InChI is InChI=1S/C21H18ClNO3/c22-17-9-5-4-8-16(17)18-10-11-19(26-18)21(24)23-12-13-25-20(14-23)15-6-2-1-3-7-15/h1-11,20H,12-14H2/t20-/m0/s1. The Bertz CT molecular complexity index is 906. The van der Waals surface area contributed by atoms with E-state index in [0.29, 0.717) is 36.2 Å². The molecule has 2 aromatic carbocycles. The lowest BCUT2D eigenvalue weighted by atomic mass is 10.1. The van der Waals surface area contributed by atoms with Crippen LogP contribution in [0.1, 0.15) is 22.2 Å².